The minimum absolute atomic E-state index is 0.0402. The van der Waals surface area contributed by atoms with E-state index < -0.39 is 0 Å². The van der Waals surface area contributed by atoms with Crippen molar-refractivity contribution in [3.05, 3.63) is 88.3 Å². The van der Waals surface area contributed by atoms with Gasteiger partial charge in [0.15, 0.2) is 0 Å². The predicted molar refractivity (Wildman–Crippen MR) is 119 cm³/mol. The van der Waals surface area contributed by atoms with Gasteiger partial charge in [0.1, 0.15) is 0 Å². The van der Waals surface area contributed by atoms with E-state index >= 15 is 0 Å². The Morgan fingerprint density at radius 3 is 2.37 bits per heavy atom. The molecule has 0 radical (unpaired) electrons. The maximum absolute atomic E-state index is 13.0. The third-order valence-corrected chi connectivity index (χ3v) is 6.03. The number of rotatable bonds is 4. The molecule has 0 unspecified atom stereocenters. The maximum atomic E-state index is 13.0. The number of amides is 1. The summed E-state index contributed by atoms with van der Waals surface area (Å²) in [5.41, 5.74) is 1.33. The molecule has 4 aromatic rings. The summed E-state index contributed by atoms with van der Waals surface area (Å²) >= 11 is 0. The largest absolute Gasteiger partial charge is 0.346 e. The Hall–Kier alpha value is -3.47. The average molecular weight is 397 g/mol. The van der Waals surface area contributed by atoms with E-state index in [1.807, 2.05) is 66.7 Å². The number of fused-ring (bicyclic) bond motifs is 2. The molecule has 1 aliphatic carbocycles. The second kappa shape index (κ2) is 7.75. The first-order chi connectivity index (χ1) is 14.7. The molecule has 1 N–H and O–H groups in total. The molecular formula is C25H23N3O2. The highest BCUT2D eigenvalue weighted by Crippen LogP contribution is 2.28. The summed E-state index contributed by atoms with van der Waals surface area (Å²) in [4.78, 5) is 26.0. The molecule has 1 amide bonds. The van der Waals surface area contributed by atoms with Crippen LogP contribution in [0.4, 0.5) is 0 Å². The van der Waals surface area contributed by atoms with Gasteiger partial charge in [0, 0.05) is 10.9 Å². The minimum atomic E-state index is -0.142. The molecule has 30 heavy (non-hydrogen) atoms. The fourth-order valence-corrected chi connectivity index (χ4v) is 4.48. The topological polar surface area (TPSA) is 64.0 Å². The summed E-state index contributed by atoms with van der Waals surface area (Å²) in [5.74, 6) is -0.142. The van der Waals surface area contributed by atoms with Crippen LogP contribution in [0.1, 0.15) is 47.8 Å². The van der Waals surface area contributed by atoms with Gasteiger partial charge < -0.3 is 5.32 Å². The molecule has 1 saturated carbocycles. The van der Waals surface area contributed by atoms with Gasteiger partial charge in [0.2, 0.25) is 0 Å². The molecule has 0 spiro atoms. The lowest BCUT2D eigenvalue weighted by Crippen LogP contribution is -2.30. The highest BCUT2D eigenvalue weighted by Gasteiger charge is 2.21. The maximum Gasteiger partial charge on any atom is 0.274 e. The van der Waals surface area contributed by atoms with Crippen molar-refractivity contribution < 1.29 is 4.79 Å². The van der Waals surface area contributed by atoms with Gasteiger partial charge in [-0.25, -0.2) is 4.68 Å². The zero-order valence-electron chi connectivity index (χ0n) is 16.7. The van der Waals surface area contributed by atoms with Crippen LogP contribution in [-0.2, 0) is 6.54 Å². The van der Waals surface area contributed by atoms with E-state index in [9.17, 15) is 9.59 Å². The molecular weight excluding hydrogens is 374 g/mol. The molecule has 5 rings (SSSR count). The van der Waals surface area contributed by atoms with Crippen molar-refractivity contribution in [2.45, 2.75) is 38.3 Å². The van der Waals surface area contributed by atoms with Crippen molar-refractivity contribution in [2.75, 3.05) is 0 Å². The highest BCUT2D eigenvalue weighted by atomic mass is 16.1. The van der Waals surface area contributed by atoms with Crippen LogP contribution in [0.3, 0.4) is 0 Å². The van der Waals surface area contributed by atoms with Crippen molar-refractivity contribution in [3.8, 4) is 0 Å². The van der Waals surface area contributed by atoms with Crippen LogP contribution in [0.25, 0.3) is 21.5 Å². The summed E-state index contributed by atoms with van der Waals surface area (Å²) < 4.78 is 1.65. The van der Waals surface area contributed by atoms with Crippen LogP contribution in [0.2, 0.25) is 0 Å². The molecule has 0 saturated heterocycles. The Bertz CT molecular complexity index is 1300. The van der Waals surface area contributed by atoms with E-state index in [0.29, 0.717) is 10.9 Å². The van der Waals surface area contributed by atoms with Gasteiger partial charge in [-0.05, 0) is 35.7 Å². The number of hydrogen-bond donors (Lipinski definition) is 1. The molecule has 5 nitrogen and oxygen atoms in total. The van der Waals surface area contributed by atoms with Crippen molar-refractivity contribution in [1.82, 2.24) is 15.1 Å². The first-order valence-electron chi connectivity index (χ1n) is 10.5. The molecule has 1 aliphatic rings. The fourth-order valence-electron chi connectivity index (χ4n) is 4.48. The highest BCUT2D eigenvalue weighted by molar-refractivity contribution is 6.07. The summed E-state index contributed by atoms with van der Waals surface area (Å²) in [6.07, 6.45) is 4.21. The molecule has 0 atom stereocenters. The SMILES string of the molecule is O=C(NCc1nn(C2CCCC2)c(=O)c2ccccc12)c1cccc2ccccc12. The van der Waals surface area contributed by atoms with E-state index in [2.05, 4.69) is 5.32 Å². The first kappa shape index (κ1) is 18.6. The van der Waals surface area contributed by atoms with Gasteiger partial charge in [0.25, 0.3) is 11.5 Å². The minimum Gasteiger partial charge on any atom is -0.346 e. The lowest BCUT2D eigenvalue weighted by Gasteiger charge is -2.16. The van der Waals surface area contributed by atoms with E-state index in [1.165, 1.54) is 0 Å². The van der Waals surface area contributed by atoms with Crippen molar-refractivity contribution in [3.63, 3.8) is 0 Å². The van der Waals surface area contributed by atoms with E-state index in [0.717, 1.165) is 47.5 Å². The van der Waals surface area contributed by atoms with Gasteiger partial charge in [-0.3, -0.25) is 9.59 Å². The third-order valence-electron chi connectivity index (χ3n) is 6.03. The van der Waals surface area contributed by atoms with Gasteiger partial charge in [0.05, 0.1) is 23.7 Å². The van der Waals surface area contributed by atoms with Gasteiger partial charge in [-0.2, -0.15) is 5.10 Å². The number of nitrogens with one attached hydrogen (secondary N) is 1. The molecule has 5 heteroatoms. The van der Waals surface area contributed by atoms with Crippen LogP contribution >= 0.6 is 0 Å². The molecule has 1 heterocycles. The smallest absolute Gasteiger partial charge is 0.274 e. The predicted octanol–water partition coefficient (Wildman–Crippen LogP) is 4.59. The fraction of sp³-hybridized carbons (Fsp3) is 0.240. The van der Waals surface area contributed by atoms with Gasteiger partial charge in [-0.15, -0.1) is 0 Å². The van der Waals surface area contributed by atoms with E-state index in [-0.39, 0.29) is 24.1 Å². The molecule has 1 aromatic heterocycles. The van der Waals surface area contributed by atoms with Crippen LogP contribution in [0.5, 0.6) is 0 Å². The molecule has 3 aromatic carbocycles. The lowest BCUT2D eigenvalue weighted by molar-refractivity contribution is 0.0952. The number of carbonyl (C=O) groups excluding carboxylic acids is 1. The monoisotopic (exact) mass is 397 g/mol. The molecule has 0 bridgehead atoms. The zero-order valence-corrected chi connectivity index (χ0v) is 16.7. The average Bonchev–Trinajstić information content (AvgIpc) is 3.33. The quantitative estimate of drug-likeness (QED) is 0.548. The van der Waals surface area contributed by atoms with Crippen LogP contribution < -0.4 is 10.9 Å². The Morgan fingerprint density at radius 2 is 1.57 bits per heavy atom. The van der Waals surface area contributed by atoms with Crippen LogP contribution in [0.15, 0.2) is 71.5 Å². The normalized spacial score (nSPS) is 14.4. The molecule has 150 valence electrons. The molecule has 1 fully saturated rings. The summed E-state index contributed by atoms with van der Waals surface area (Å²) in [6.45, 7) is 0.273. The van der Waals surface area contributed by atoms with Crippen LogP contribution in [-0.4, -0.2) is 15.7 Å². The summed E-state index contributed by atoms with van der Waals surface area (Å²) in [7, 11) is 0. The van der Waals surface area contributed by atoms with Crippen molar-refractivity contribution in [1.29, 1.82) is 0 Å². The Balaban J connectivity index is 1.50. The standard InChI is InChI=1S/C25H23N3O2/c29-24(21-15-7-9-17-8-1-4-12-19(17)21)26-16-23-20-13-5-6-14-22(20)25(30)28(27-23)18-10-2-3-11-18/h1,4-9,12-15,18H,2-3,10-11,16H2,(H,26,29). The van der Waals surface area contributed by atoms with Crippen molar-refractivity contribution in [2.24, 2.45) is 0 Å². The molecule has 0 aliphatic heterocycles. The van der Waals surface area contributed by atoms with Crippen LogP contribution in [0, 0.1) is 0 Å². The Labute approximate surface area is 174 Å². The second-order valence-electron chi connectivity index (χ2n) is 7.89. The zero-order chi connectivity index (χ0) is 20.5. The first-order valence-corrected chi connectivity index (χ1v) is 10.5. The van der Waals surface area contributed by atoms with Gasteiger partial charge in [-0.1, -0.05) is 67.4 Å². The summed E-state index contributed by atoms with van der Waals surface area (Å²) in [5, 5.41) is 11.1. The van der Waals surface area contributed by atoms with E-state index in [4.69, 9.17) is 5.10 Å². The van der Waals surface area contributed by atoms with E-state index in [1.54, 1.807) is 4.68 Å². The number of carbonyl (C=O) groups is 1. The number of aromatic nitrogens is 2. The van der Waals surface area contributed by atoms with Crippen molar-refractivity contribution >= 4 is 27.5 Å². The second-order valence-corrected chi connectivity index (χ2v) is 7.89. The Morgan fingerprint density at radius 1 is 0.900 bits per heavy atom. The number of nitrogens with zero attached hydrogens (tertiary/aromatic N) is 2. The lowest BCUT2D eigenvalue weighted by atomic mass is 10.0. The van der Waals surface area contributed by atoms with Gasteiger partial charge >= 0.3 is 0 Å². The number of hydrogen-bond acceptors (Lipinski definition) is 3. The third kappa shape index (κ3) is 3.26. The Kier molecular flexibility index (Phi) is 4.79. The summed E-state index contributed by atoms with van der Waals surface area (Å²) in [6, 6.07) is 21.3. The number of benzene rings is 3.